The maximum atomic E-state index is 13.9. The van der Waals surface area contributed by atoms with E-state index in [2.05, 4.69) is 11.5 Å². The Morgan fingerprint density at radius 2 is 2.04 bits per heavy atom. The van der Waals surface area contributed by atoms with Gasteiger partial charge in [0.1, 0.15) is 5.82 Å². The van der Waals surface area contributed by atoms with E-state index in [0.29, 0.717) is 25.4 Å². The van der Waals surface area contributed by atoms with E-state index < -0.39 is 0 Å². The molecule has 1 amide bonds. The zero-order valence-electron chi connectivity index (χ0n) is 16.1. The summed E-state index contributed by atoms with van der Waals surface area (Å²) in [5, 5.41) is 0. The Balaban J connectivity index is 1.49. The van der Waals surface area contributed by atoms with E-state index in [0.717, 1.165) is 57.5 Å². The van der Waals surface area contributed by atoms with Gasteiger partial charge < -0.3 is 9.64 Å². The molecule has 4 nitrogen and oxygen atoms in total. The van der Waals surface area contributed by atoms with Crippen molar-refractivity contribution in [3.05, 3.63) is 48.3 Å². The minimum atomic E-state index is -0.127. The van der Waals surface area contributed by atoms with Crippen LogP contribution < -0.4 is 0 Å². The molecular formula is C22H31FN2O2. The predicted octanol–water partition coefficient (Wildman–Crippen LogP) is 3.62. The first kappa shape index (κ1) is 20.0. The zero-order chi connectivity index (χ0) is 19.1. The maximum Gasteiger partial charge on any atom is 0.226 e. The van der Waals surface area contributed by atoms with Crippen LogP contribution >= 0.6 is 0 Å². The lowest BCUT2D eigenvalue weighted by Crippen LogP contribution is -2.43. The molecule has 2 heterocycles. The summed E-state index contributed by atoms with van der Waals surface area (Å²) in [5.41, 5.74) is 0.761. The van der Waals surface area contributed by atoms with Gasteiger partial charge in [-0.3, -0.25) is 9.69 Å². The van der Waals surface area contributed by atoms with Crippen molar-refractivity contribution >= 4 is 5.91 Å². The molecule has 0 aliphatic carbocycles. The first-order valence-electron chi connectivity index (χ1n) is 10.1. The molecule has 2 saturated heterocycles. The van der Waals surface area contributed by atoms with Crippen LogP contribution in [0.25, 0.3) is 0 Å². The standard InChI is InChI=1S/C22H31FN2O2/c1-2-6-22(26)25(17-20-8-5-14-27-20)15-18-10-12-24(13-11-18)16-19-7-3-4-9-21(19)23/h2-4,7,9,18,20H,1,5-6,8,10-17H2. The summed E-state index contributed by atoms with van der Waals surface area (Å²) in [5.74, 6) is 0.517. The number of rotatable bonds is 8. The summed E-state index contributed by atoms with van der Waals surface area (Å²) in [7, 11) is 0. The van der Waals surface area contributed by atoms with Crippen LogP contribution in [-0.2, 0) is 16.1 Å². The number of carbonyl (C=O) groups excluding carboxylic acids is 1. The lowest BCUT2D eigenvalue weighted by atomic mass is 9.95. The van der Waals surface area contributed by atoms with Crippen molar-refractivity contribution in [1.29, 1.82) is 0 Å². The summed E-state index contributed by atoms with van der Waals surface area (Å²) in [4.78, 5) is 16.8. The number of halogens is 1. The lowest BCUT2D eigenvalue weighted by Gasteiger charge is -2.35. The van der Waals surface area contributed by atoms with Gasteiger partial charge in [-0.25, -0.2) is 4.39 Å². The van der Waals surface area contributed by atoms with Gasteiger partial charge in [-0.1, -0.05) is 24.3 Å². The van der Waals surface area contributed by atoms with Crippen molar-refractivity contribution in [2.24, 2.45) is 5.92 Å². The van der Waals surface area contributed by atoms with Crippen molar-refractivity contribution in [2.45, 2.75) is 44.8 Å². The fourth-order valence-electron chi connectivity index (χ4n) is 4.07. The van der Waals surface area contributed by atoms with Gasteiger partial charge in [0.15, 0.2) is 0 Å². The molecule has 1 aromatic rings. The van der Waals surface area contributed by atoms with E-state index in [4.69, 9.17) is 4.74 Å². The summed E-state index contributed by atoms with van der Waals surface area (Å²) >= 11 is 0. The molecule has 0 aromatic heterocycles. The largest absolute Gasteiger partial charge is 0.376 e. The monoisotopic (exact) mass is 374 g/mol. The SMILES string of the molecule is C=CCC(=O)N(CC1CCN(Cc2ccccc2F)CC1)CC1CCCO1. The molecular weight excluding hydrogens is 343 g/mol. The number of piperidine rings is 1. The number of hydrogen-bond donors (Lipinski definition) is 0. The average Bonchev–Trinajstić information content (AvgIpc) is 3.18. The van der Waals surface area contributed by atoms with E-state index in [1.165, 1.54) is 6.07 Å². The third-order valence-electron chi connectivity index (χ3n) is 5.66. The van der Waals surface area contributed by atoms with Gasteiger partial charge in [-0.2, -0.15) is 0 Å². The molecule has 1 atom stereocenters. The molecule has 0 spiro atoms. The van der Waals surface area contributed by atoms with Crippen LogP contribution in [0.2, 0.25) is 0 Å². The molecule has 2 aliphatic heterocycles. The number of hydrogen-bond acceptors (Lipinski definition) is 3. The summed E-state index contributed by atoms with van der Waals surface area (Å²) in [6, 6.07) is 7.00. The fourth-order valence-corrected chi connectivity index (χ4v) is 4.07. The minimum Gasteiger partial charge on any atom is -0.376 e. The third-order valence-corrected chi connectivity index (χ3v) is 5.66. The number of likely N-dealkylation sites (tertiary alicyclic amines) is 1. The van der Waals surface area contributed by atoms with E-state index in [-0.39, 0.29) is 17.8 Å². The van der Waals surface area contributed by atoms with Gasteiger partial charge in [-0.05, 0) is 50.8 Å². The number of ether oxygens (including phenoxy) is 1. The second kappa shape index (κ2) is 10.00. The van der Waals surface area contributed by atoms with Crippen molar-refractivity contribution in [3.8, 4) is 0 Å². The maximum absolute atomic E-state index is 13.9. The lowest BCUT2D eigenvalue weighted by molar-refractivity contribution is -0.132. The number of benzene rings is 1. The second-order valence-electron chi connectivity index (χ2n) is 7.74. The van der Waals surface area contributed by atoms with Crippen molar-refractivity contribution in [1.82, 2.24) is 9.80 Å². The molecule has 2 aliphatic rings. The van der Waals surface area contributed by atoms with E-state index in [9.17, 15) is 9.18 Å². The minimum absolute atomic E-state index is 0.127. The van der Waals surface area contributed by atoms with Gasteiger partial charge in [-0.15, -0.1) is 6.58 Å². The molecule has 2 fully saturated rings. The summed E-state index contributed by atoms with van der Waals surface area (Å²) < 4.78 is 19.6. The van der Waals surface area contributed by atoms with Crippen LogP contribution in [0.4, 0.5) is 4.39 Å². The summed E-state index contributed by atoms with van der Waals surface area (Å²) in [6.45, 7) is 8.55. The normalized spacial score (nSPS) is 21.3. The molecule has 27 heavy (non-hydrogen) atoms. The molecule has 0 saturated carbocycles. The van der Waals surface area contributed by atoms with Crippen molar-refractivity contribution in [3.63, 3.8) is 0 Å². The Labute approximate surface area is 162 Å². The van der Waals surface area contributed by atoms with Crippen molar-refractivity contribution < 1.29 is 13.9 Å². The second-order valence-corrected chi connectivity index (χ2v) is 7.74. The van der Waals surface area contributed by atoms with Gasteiger partial charge in [0.2, 0.25) is 5.91 Å². The number of carbonyl (C=O) groups is 1. The highest BCUT2D eigenvalue weighted by Gasteiger charge is 2.27. The Kier molecular flexibility index (Phi) is 7.41. The third kappa shape index (κ3) is 5.88. The highest BCUT2D eigenvalue weighted by atomic mass is 19.1. The molecule has 1 unspecified atom stereocenters. The average molecular weight is 375 g/mol. The Morgan fingerprint density at radius 3 is 2.70 bits per heavy atom. The molecule has 3 rings (SSSR count). The zero-order valence-corrected chi connectivity index (χ0v) is 16.1. The summed E-state index contributed by atoms with van der Waals surface area (Å²) in [6.07, 6.45) is 6.46. The smallest absolute Gasteiger partial charge is 0.226 e. The molecule has 0 N–H and O–H groups in total. The molecule has 1 aromatic carbocycles. The van der Waals surface area contributed by atoms with Gasteiger partial charge in [0, 0.05) is 38.2 Å². The van der Waals surface area contributed by atoms with E-state index in [1.54, 1.807) is 12.1 Å². The Hall–Kier alpha value is -1.72. The van der Waals surface area contributed by atoms with Crippen LogP contribution in [0, 0.1) is 11.7 Å². The number of amides is 1. The van der Waals surface area contributed by atoms with E-state index >= 15 is 0 Å². The highest BCUT2D eigenvalue weighted by molar-refractivity contribution is 5.77. The molecule has 0 radical (unpaired) electrons. The van der Waals surface area contributed by atoms with Crippen LogP contribution in [0.15, 0.2) is 36.9 Å². The van der Waals surface area contributed by atoms with Crippen LogP contribution in [0.3, 0.4) is 0 Å². The van der Waals surface area contributed by atoms with Crippen LogP contribution in [-0.4, -0.2) is 54.6 Å². The Bertz CT molecular complexity index is 622. The van der Waals surface area contributed by atoms with Crippen molar-refractivity contribution in [2.75, 3.05) is 32.8 Å². The quantitative estimate of drug-likeness (QED) is 0.652. The predicted molar refractivity (Wildman–Crippen MR) is 105 cm³/mol. The van der Waals surface area contributed by atoms with Gasteiger partial charge in [0.25, 0.3) is 0 Å². The highest BCUT2D eigenvalue weighted by Crippen LogP contribution is 2.22. The number of nitrogens with zero attached hydrogens (tertiary/aromatic N) is 2. The molecule has 5 heteroatoms. The first-order chi connectivity index (χ1) is 13.2. The van der Waals surface area contributed by atoms with Gasteiger partial charge in [0.05, 0.1) is 6.10 Å². The molecule has 148 valence electrons. The Morgan fingerprint density at radius 1 is 1.26 bits per heavy atom. The fraction of sp³-hybridized carbons (Fsp3) is 0.591. The topological polar surface area (TPSA) is 32.8 Å². The molecule has 0 bridgehead atoms. The van der Waals surface area contributed by atoms with E-state index in [1.807, 2.05) is 17.0 Å². The van der Waals surface area contributed by atoms with Crippen LogP contribution in [0.5, 0.6) is 0 Å². The van der Waals surface area contributed by atoms with Gasteiger partial charge >= 0.3 is 0 Å². The van der Waals surface area contributed by atoms with Crippen LogP contribution in [0.1, 0.15) is 37.7 Å². The first-order valence-corrected chi connectivity index (χ1v) is 10.1.